The van der Waals surface area contributed by atoms with Gasteiger partial charge in [0.15, 0.2) is 10.9 Å². The highest BCUT2D eigenvalue weighted by Crippen LogP contribution is 2.10. The maximum Gasteiger partial charge on any atom is 0.181 e. The molecule has 0 radical (unpaired) electrons. The highest BCUT2D eigenvalue weighted by molar-refractivity contribution is 7.80. The first-order chi connectivity index (χ1) is 10.1. The van der Waals surface area contributed by atoms with E-state index in [2.05, 4.69) is 10.6 Å². The molecular weight excluding hydrogens is 304 g/mol. The van der Waals surface area contributed by atoms with Gasteiger partial charge >= 0.3 is 0 Å². The van der Waals surface area contributed by atoms with Gasteiger partial charge in [-0.25, -0.2) is 0 Å². The number of rotatable bonds is 5. The zero-order valence-corrected chi connectivity index (χ0v) is 12.9. The van der Waals surface area contributed by atoms with Crippen LogP contribution in [0.25, 0.3) is 0 Å². The lowest BCUT2D eigenvalue weighted by atomic mass is 10.1. The highest BCUT2D eigenvalue weighted by Gasteiger charge is 2.06. The Morgan fingerprint density at radius 2 is 1.81 bits per heavy atom. The molecule has 0 spiro atoms. The van der Waals surface area contributed by atoms with E-state index in [0.717, 1.165) is 5.56 Å². The SMILES string of the molecule is O=C(CNC(=S)NCc1ccccc1)c1cccc(Cl)c1. The Kier molecular flexibility index (Phi) is 5.72. The number of hydrogen-bond acceptors (Lipinski definition) is 2. The second-order valence-electron chi connectivity index (χ2n) is 4.46. The average Bonchev–Trinajstić information content (AvgIpc) is 2.51. The third-order valence-corrected chi connectivity index (χ3v) is 3.38. The van der Waals surface area contributed by atoms with Gasteiger partial charge in [0.25, 0.3) is 0 Å². The third kappa shape index (κ3) is 5.17. The van der Waals surface area contributed by atoms with E-state index in [1.165, 1.54) is 0 Å². The summed E-state index contributed by atoms with van der Waals surface area (Å²) in [5, 5.41) is 6.96. The topological polar surface area (TPSA) is 41.1 Å². The van der Waals surface area contributed by atoms with Crippen molar-refractivity contribution in [3.05, 3.63) is 70.7 Å². The minimum absolute atomic E-state index is 0.0543. The van der Waals surface area contributed by atoms with Crippen LogP contribution in [0.5, 0.6) is 0 Å². The Hall–Kier alpha value is -1.91. The van der Waals surface area contributed by atoms with Gasteiger partial charge in [-0.15, -0.1) is 0 Å². The van der Waals surface area contributed by atoms with E-state index in [1.807, 2.05) is 30.3 Å². The maximum absolute atomic E-state index is 12.0. The van der Waals surface area contributed by atoms with E-state index in [-0.39, 0.29) is 12.3 Å². The minimum atomic E-state index is -0.0543. The van der Waals surface area contributed by atoms with Crippen LogP contribution in [-0.2, 0) is 6.54 Å². The molecule has 0 aromatic heterocycles. The maximum atomic E-state index is 12.0. The molecule has 2 rings (SSSR count). The van der Waals surface area contributed by atoms with Gasteiger partial charge in [-0.1, -0.05) is 54.1 Å². The number of carbonyl (C=O) groups excluding carboxylic acids is 1. The second-order valence-corrected chi connectivity index (χ2v) is 5.30. The summed E-state index contributed by atoms with van der Waals surface area (Å²) in [6, 6.07) is 16.8. The standard InChI is InChI=1S/C16H15ClN2OS/c17-14-8-4-7-13(9-14)15(20)11-19-16(21)18-10-12-5-2-1-3-6-12/h1-9H,10-11H2,(H2,18,19,21). The Morgan fingerprint density at radius 1 is 1.05 bits per heavy atom. The molecule has 0 fully saturated rings. The van der Waals surface area contributed by atoms with Crippen LogP contribution in [0, 0.1) is 0 Å². The fraction of sp³-hybridized carbons (Fsp3) is 0.125. The van der Waals surface area contributed by atoms with Gasteiger partial charge in [0.05, 0.1) is 6.54 Å². The van der Waals surface area contributed by atoms with Crippen molar-refractivity contribution in [1.82, 2.24) is 10.6 Å². The first kappa shape index (κ1) is 15.5. The minimum Gasteiger partial charge on any atom is -0.359 e. The average molecular weight is 319 g/mol. The number of ketones is 1. The molecule has 0 saturated carbocycles. The number of thiocarbonyl (C=S) groups is 1. The molecule has 5 heteroatoms. The van der Waals surface area contributed by atoms with Crippen molar-refractivity contribution in [1.29, 1.82) is 0 Å². The summed E-state index contributed by atoms with van der Waals surface area (Å²) < 4.78 is 0. The predicted octanol–water partition coefficient (Wildman–Crippen LogP) is 3.19. The Labute approximate surface area is 134 Å². The zero-order chi connectivity index (χ0) is 15.1. The van der Waals surface area contributed by atoms with Gasteiger partial charge < -0.3 is 10.6 Å². The van der Waals surface area contributed by atoms with Crippen LogP contribution in [0.4, 0.5) is 0 Å². The molecule has 108 valence electrons. The van der Waals surface area contributed by atoms with Gasteiger partial charge in [0.2, 0.25) is 0 Å². The van der Waals surface area contributed by atoms with Crippen LogP contribution in [0.1, 0.15) is 15.9 Å². The van der Waals surface area contributed by atoms with Gasteiger partial charge in [-0.2, -0.15) is 0 Å². The molecule has 2 aromatic carbocycles. The Bertz CT molecular complexity index is 631. The van der Waals surface area contributed by atoms with Crippen molar-refractivity contribution in [3.63, 3.8) is 0 Å². The Balaban J connectivity index is 1.77. The zero-order valence-electron chi connectivity index (χ0n) is 11.3. The molecule has 0 aliphatic heterocycles. The molecule has 3 nitrogen and oxygen atoms in total. The molecule has 2 N–H and O–H groups in total. The van der Waals surface area contributed by atoms with E-state index in [4.69, 9.17) is 23.8 Å². The van der Waals surface area contributed by atoms with Crippen molar-refractivity contribution >= 4 is 34.7 Å². The van der Waals surface area contributed by atoms with E-state index >= 15 is 0 Å². The van der Waals surface area contributed by atoms with Gasteiger partial charge in [-0.3, -0.25) is 4.79 Å². The molecule has 2 aromatic rings. The number of Topliss-reactive ketones (excluding diaryl/α,β-unsaturated/α-hetero) is 1. The first-order valence-corrected chi connectivity index (χ1v) is 7.28. The van der Waals surface area contributed by atoms with Crippen molar-refractivity contribution in [2.45, 2.75) is 6.54 Å². The molecule has 0 aliphatic carbocycles. The largest absolute Gasteiger partial charge is 0.359 e. The van der Waals surface area contributed by atoms with E-state index in [9.17, 15) is 4.79 Å². The number of carbonyl (C=O) groups is 1. The van der Waals surface area contributed by atoms with E-state index in [1.54, 1.807) is 24.3 Å². The van der Waals surface area contributed by atoms with E-state index < -0.39 is 0 Å². The Morgan fingerprint density at radius 3 is 2.52 bits per heavy atom. The molecule has 0 aliphatic rings. The summed E-state index contributed by atoms with van der Waals surface area (Å²) >= 11 is 11.0. The lowest BCUT2D eigenvalue weighted by Crippen LogP contribution is -2.37. The summed E-state index contributed by atoms with van der Waals surface area (Å²) in [5.41, 5.74) is 1.70. The monoisotopic (exact) mass is 318 g/mol. The first-order valence-electron chi connectivity index (χ1n) is 6.49. The van der Waals surface area contributed by atoms with Crippen LogP contribution in [0.2, 0.25) is 5.02 Å². The quantitative estimate of drug-likeness (QED) is 0.656. The van der Waals surface area contributed by atoms with E-state index in [0.29, 0.717) is 22.2 Å². The lowest BCUT2D eigenvalue weighted by molar-refractivity contribution is 0.0996. The smallest absolute Gasteiger partial charge is 0.181 e. The summed E-state index contributed by atoms with van der Waals surface area (Å²) in [5.74, 6) is -0.0543. The van der Waals surface area contributed by atoms with Crippen molar-refractivity contribution < 1.29 is 4.79 Å². The van der Waals surface area contributed by atoms with Gasteiger partial charge in [-0.05, 0) is 29.9 Å². The van der Waals surface area contributed by atoms with Crippen LogP contribution in [-0.4, -0.2) is 17.4 Å². The number of benzene rings is 2. The molecule has 0 amide bonds. The molecule has 0 heterocycles. The van der Waals surface area contributed by atoms with Crippen LogP contribution in [0.15, 0.2) is 54.6 Å². The summed E-state index contributed by atoms with van der Waals surface area (Å²) in [7, 11) is 0. The molecular formula is C16H15ClN2OS. The lowest BCUT2D eigenvalue weighted by Gasteiger charge is -2.10. The van der Waals surface area contributed by atoms with Crippen LogP contribution >= 0.6 is 23.8 Å². The third-order valence-electron chi connectivity index (χ3n) is 2.85. The molecule has 21 heavy (non-hydrogen) atoms. The van der Waals surface area contributed by atoms with Crippen LogP contribution in [0.3, 0.4) is 0 Å². The van der Waals surface area contributed by atoms with Gasteiger partial charge in [0.1, 0.15) is 0 Å². The second kappa shape index (κ2) is 7.76. The number of nitrogens with one attached hydrogen (secondary N) is 2. The fourth-order valence-electron chi connectivity index (χ4n) is 1.77. The predicted molar refractivity (Wildman–Crippen MR) is 89.7 cm³/mol. The van der Waals surface area contributed by atoms with Gasteiger partial charge in [0, 0.05) is 17.1 Å². The number of halogens is 1. The molecule has 0 atom stereocenters. The summed E-state index contributed by atoms with van der Waals surface area (Å²) in [6.07, 6.45) is 0. The molecule has 0 unspecified atom stereocenters. The van der Waals surface area contributed by atoms with Crippen molar-refractivity contribution in [2.24, 2.45) is 0 Å². The summed E-state index contributed by atoms with van der Waals surface area (Å²) in [6.45, 7) is 0.763. The fourth-order valence-corrected chi connectivity index (χ4v) is 2.10. The van der Waals surface area contributed by atoms with Crippen LogP contribution < -0.4 is 10.6 Å². The number of hydrogen-bond donors (Lipinski definition) is 2. The summed E-state index contributed by atoms with van der Waals surface area (Å²) in [4.78, 5) is 12.0. The van der Waals surface area contributed by atoms with Crippen molar-refractivity contribution in [2.75, 3.05) is 6.54 Å². The highest BCUT2D eigenvalue weighted by atomic mass is 35.5. The molecule has 0 saturated heterocycles. The molecule has 0 bridgehead atoms. The normalized spacial score (nSPS) is 9.95. The van der Waals surface area contributed by atoms with Crippen molar-refractivity contribution in [3.8, 4) is 0 Å².